The number of likely N-dealkylation sites (N-methyl/N-ethyl adjacent to an activating group) is 1. The van der Waals surface area contributed by atoms with E-state index in [2.05, 4.69) is 38.4 Å². The van der Waals surface area contributed by atoms with Crippen LogP contribution in [0.5, 0.6) is 0 Å². The van der Waals surface area contributed by atoms with E-state index in [1.165, 1.54) is 5.56 Å². The summed E-state index contributed by atoms with van der Waals surface area (Å²) in [6.45, 7) is 0.917. The number of rotatable bonds is 3. The summed E-state index contributed by atoms with van der Waals surface area (Å²) in [6, 6.07) is 10.2. The summed E-state index contributed by atoms with van der Waals surface area (Å²) in [5.74, 6) is 0. The van der Waals surface area contributed by atoms with Crippen LogP contribution in [0, 0.1) is 0 Å². The number of hydrogen-bond acceptors (Lipinski definition) is 2. The summed E-state index contributed by atoms with van der Waals surface area (Å²) in [5.41, 5.74) is 1.23. The molecule has 1 heterocycles. The smallest absolute Gasteiger partial charge is 0.256 e. The third-order valence-electron chi connectivity index (χ3n) is 3.56. The van der Waals surface area contributed by atoms with E-state index in [4.69, 9.17) is 0 Å². The lowest BCUT2D eigenvalue weighted by Gasteiger charge is -2.10. The fourth-order valence-corrected chi connectivity index (χ4v) is 2.99. The first kappa shape index (κ1) is 13.3. The lowest BCUT2D eigenvalue weighted by molar-refractivity contribution is 0.795. The van der Waals surface area contributed by atoms with Crippen molar-refractivity contribution in [1.82, 2.24) is 10.3 Å². The molecule has 102 valence electrons. The summed E-state index contributed by atoms with van der Waals surface area (Å²) in [5, 5.41) is 7.08. The molecule has 0 aliphatic rings. The molecule has 0 spiro atoms. The van der Waals surface area contributed by atoms with Crippen LogP contribution >= 0.6 is 15.9 Å². The van der Waals surface area contributed by atoms with E-state index in [0.717, 1.165) is 39.0 Å². The molecule has 3 aromatic rings. The van der Waals surface area contributed by atoms with Gasteiger partial charge >= 0.3 is 0 Å². The minimum Gasteiger partial charge on any atom is -0.329 e. The van der Waals surface area contributed by atoms with Crippen LogP contribution in [0.2, 0.25) is 0 Å². The fourth-order valence-electron chi connectivity index (χ4n) is 2.63. The van der Waals surface area contributed by atoms with Crippen LogP contribution in [-0.2, 0) is 6.42 Å². The molecule has 2 N–H and O–H groups in total. The van der Waals surface area contributed by atoms with Crippen molar-refractivity contribution >= 4 is 37.5 Å². The van der Waals surface area contributed by atoms with Gasteiger partial charge < -0.3 is 10.3 Å². The van der Waals surface area contributed by atoms with Crippen LogP contribution in [0.4, 0.5) is 0 Å². The molecule has 0 atom stereocenters. The van der Waals surface area contributed by atoms with Crippen molar-refractivity contribution in [3.8, 4) is 0 Å². The molecule has 0 saturated heterocycles. The molecule has 0 aliphatic carbocycles. The lowest BCUT2D eigenvalue weighted by atomic mass is 9.96. The predicted octanol–water partition coefficient (Wildman–Crippen LogP) is 3.21. The molecule has 2 aromatic carbocycles. The summed E-state index contributed by atoms with van der Waals surface area (Å²) in [4.78, 5) is 14.9. The van der Waals surface area contributed by atoms with Crippen LogP contribution in [-0.4, -0.2) is 18.6 Å². The van der Waals surface area contributed by atoms with E-state index in [9.17, 15) is 4.79 Å². The zero-order valence-electron chi connectivity index (χ0n) is 11.2. The zero-order valence-corrected chi connectivity index (χ0v) is 12.8. The standard InChI is InChI=1S/C16H15BrN2O/c1-18-6-4-10-8-11-5-7-19-16(20)15(11)14-9-12(17)2-3-13(10)14/h2-3,5,7-9,18H,4,6H2,1H3,(H,19,20). The molecule has 3 rings (SSSR count). The molecule has 0 aliphatic heterocycles. The van der Waals surface area contributed by atoms with Gasteiger partial charge in [-0.25, -0.2) is 0 Å². The predicted molar refractivity (Wildman–Crippen MR) is 87.4 cm³/mol. The molecule has 0 fully saturated rings. The largest absolute Gasteiger partial charge is 0.329 e. The van der Waals surface area contributed by atoms with Crippen molar-refractivity contribution in [3.05, 3.63) is 56.9 Å². The Morgan fingerprint density at radius 1 is 1.20 bits per heavy atom. The number of H-pyrrole nitrogens is 1. The average Bonchev–Trinajstić information content (AvgIpc) is 2.44. The quantitative estimate of drug-likeness (QED) is 0.724. The van der Waals surface area contributed by atoms with E-state index in [-0.39, 0.29) is 5.56 Å². The van der Waals surface area contributed by atoms with Crippen LogP contribution in [0.25, 0.3) is 21.5 Å². The minimum atomic E-state index is -0.0363. The summed E-state index contributed by atoms with van der Waals surface area (Å²) >= 11 is 3.50. The SMILES string of the molecule is CNCCc1cc2cc[nH]c(=O)c2c2cc(Br)ccc12. The Hall–Kier alpha value is -1.65. The molecule has 0 bridgehead atoms. The Morgan fingerprint density at radius 2 is 2.05 bits per heavy atom. The van der Waals surface area contributed by atoms with Gasteiger partial charge in [0.2, 0.25) is 0 Å². The van der Waals surface area contributed by atoms with Gasteiger partial charge in [-0.3, -0.25) is 4.79 Å². The van der Waals surface area contributed by atoms with Gasteiger partial charge in [-0.15, -0.1) is 0 Å². The van der Waals surface area contributed by atoms with Crippen molar-refractivity contribution in [2.45, 2.75) is 6.42 Å². The number of halogens is 1. The van der Waals surface area contributed by atoms with E-state index in [0.29, 0.717) is 0 Å². The van der Waals surface area contributed by atoms with E-state index >= 15 is 0 Å². The van der Waals surface area contributed by atoms with Gasteiger partial charge in [0, 0.05) is 10.7 Å². The Kier molecular flexibility index (Phi) is 3.59. The first-order valence-electron chi connectivity index (χ1n) is 6.58. The number of hydrogen-bond donors (Lipinski definition) is 2. The maximum Gasteiger partial charge on any atom is 0.256 e. The highest BCUT2D eigenvalue weighted by molar-refractivity contribution is 9.10. The van der Waals surface area contributed by atoms with Crippen molar-refractivity contribution in [3.63, 3.8) is 0 Å². The number of nitrogens with one attached hydrogen (secondary N) is 2. The van der Waals surface area contributed by atoms with Gasteiger partial charge in [-0.2, -0.15) is 0 Å². The summed E-state index contributed by atoms with van der Waals surface area (Å²) in [7, 11) is 1.95. The van der Waals surface area contributed by atoms with Gasteiger partial charge in [0.25, 0.3) is 5.56 Å². The second-order valence-electron chi connectivity index (χ2n) is 4.85. The minimum absolute atomic E-state index is 0.0363. The van der Waals surface area contributed by atoms with Gasteiger partial charge in [-0.1, -0.05) is 28.1 Å². The maximum atomic E-state index is 12.1. The van der Waals surface area contributed by atoms with Gasteiger partial charge in [0.05, 0.1) is 5.39 Å². The fraction of sp³-hybridized carbons (Fsp3) is 0.188. The molecule has 0 unspecified atom stereocenters. The molecular weight excluding hydrogens is 316 g/mol. The van der Waals surface area contributed by atoms with Crippen LogP contribution in [0.1, 0.15) is 5.56 Å². The number of pyridine rings is 1. The molecule has 20 heavy (non-hydrogen) atoms. The molecule has 1 aromatic heterocycles. The highest BCUT2D eigenvalue weighted by Crippen LogP contribution is 2.29. The average molecular weight is 331 g/mol. The van der Waals surface area contributed by atoms with E-state index in [1.807, 2.05) is 25.2 Å². The van der Waals surface area contributed by atoms with Crippen molar-refractivity contribution in [2.24, 2.45) is 0 Å². The number of benzene rings is 2. The first-order valence-corrected chi connectivity index (χ1v) is 7.37. The molecule has 3 nitrogen and oxygen atoms in total. The normalized spacial score (nSPS) is 11.3. The van der Waals surface area contributed by atoms with Crippen molar-refractivity contribution < 1.29 is 0 Å². The second-order valence-corrected chi connectivity index (χ2v) is 5.77. The molecule has 0 saturated carbocycles. The van der Waals surface area contributed by atoms with Gasteiger partial charge in [0.1, 0.15) is 0 Å². The summed E-state index contributed by atoms with van der Waals surface area (Å²) < 4.78 is 0.986. The highest BCUT2D eigenvalue weighted by atomic mass is 79.9. The van der Waals surface area contributed by atoms with E-state index in [1.54, 1.807) is 6.20 Å². The highest BCUT2D eigenvalue weighted by Gasteiger charge is 2.09. The van der Waals surface area contributed by atoms with Crippen molar-refractivity contribution in [2.75, 3.05) is 13.6 Å². The molecule has 0 amide bonds. The van der Waals surface area contributed by atoms with Gasteiger partial charge in [0.15, 0.2) is 0 Å². The van der Waals surface area contributed by atoms with Gasteiger partial charge in [-0.05, 0) is 59.9 Å². The third-order valence-corrected chi connectivity index (χ3v) is 4.06. The molecule has 4 heteroatoms. The Morgan fingerprint density at radius 3 is 2.85 bits per heavy atom. The zero-order chi connectivity index (χ0) is 14.1. The third kappa shape index (κ3) is 2.25. The molecule has 0 radical (unpaired) electrons. The maximum absolute atomic E-state index is 12.1. The van der Waals surface area contributed by atoms with Crippen LogP contribution < -0.4 is 10.9 Å². The monoisotopic (exact) mass is 330 g/mol. The number of aromatic nitrogens is 1. The topological polar surface area (TPSA) is 44.9 Å². The molecular formula is C16H15BrN2O. The lowest BCUT2D eigenvalue weighted by Crippen LogP contribution is -2.11. The van der Waals surface area contributed by atoms with Crippen molar-refractivity contribution in [1.29, 1.82) is 0 Å². The number of aromatic amines is 1. The van der Waals surface area contributed by atoms with Crippen LogP contribution in [0.3, 0.4) is 0 Å². The Bertz CT molecular complexity index is 839. The second kappa shape index (κ2) is 5.38. The van der Waals surface area contributed by atoms with Crippen LogP contribution in [0.15, 0.2) is 45.8 Å². The first-order chi connectivity index (χ1) is 9.70. The van der Waals surface area contributed by atoms with E-state index < -0.39 is 0 Å². The number of fused-ring (bicyclic) bond motifs is 3. The summed E-state index contributed by atoms with van der Waals surface area (Å²) in [6.07, 6.45) is 2.65. The Balaban J connectivity index is 2.42. The Labute approximate surface area is 125 Å².